The van der Waals surface area contributed by atoms with E-state index in [0.717, 1.165) is 19.5 Å². The first-order valence-electron chi connectivity index (χ1n) is 5.70. The highest BCUT2D eigenvalue weighted by Gasteiger charge is 2.31. The molecule has 88 valence electrons. The van der Waals surface area contributed by atoms with E-state index in [0.29, 0.717) is 6.42 Å². The number of nitrogens with zero attached hydrogens (tertiary/aromatic N) is 1. The zero-order chi connectivity index (χ0) is 11.4. The Hall–Kier alpha value is -0.610. The molecule has 0 spiro atoms. The molecule has 1 heterocycles. The van der Waals surface area contributed by atoms with Crippen molar-refractivity contribution in [3.05, 3.63) is 0 Å². The molecule has 0 radical (unpaired) electrons. The summed E-state index contributed by atoms with van der Waals surface area (Å²) in [6, 6.07) is -0.356. The number of rotatable bonds is 4. The first kappa shape index (κ1) is 12.5. The Labute approximate surface area is 91.2 Å². The van der Waals surface area contributed by atoms with E-state index in [9.17, 15) is 4.79 Å². The van der Waals surface area contributed by atoms with Crippen molar-refractivity contribution in [3.63, 3.8) is 0 Å². The van der Waals surface area contributed by atoms with Crippen molar-refractivity contribution in [2.24, 2.45) is 0 Å². The molecule has 4 heteroatoms. The lowest BCUT2D eigenvalue weighted by Crippen LogP contribution is -2.53. The Morgan fingerprint density at radius 1 is 1.53 bits per heavy atom. The quantitative estimate of drug-likeness (QED) is 0.769. The zero-order valence-corrected chi connectivity index (χ0v) is 9.77. The Bertz CT molecular complexity index is 220. The number of aliphatic carboxylic acids is 1. The smallest absolute Gasteiger partial charge is 0.320 e. The van der Waals surface area contributed by atoms with Gasteiger partial charge in [-0.05, 0) is 19.8 Å². The number of carbonyl (C=O) groups is 1. The van der Waals surface area contributed by atoms with Crippen molar-refractivity contribution in [3.8, 4) is 0 Å². The van der Waals surface area contributed by atoms with Gasteiger partial charge in [0.25, 0.3) is 0 Å². The van der Waals surface area contributed by atoms with Gasteiger partial charge in [-0.3, -0.25) is 9.69 Å². The molecule has 0 amide bonds. The summed E-state index contributed by atoms with van der Waals surface area (Å²) in [4.78, 5) is 13.1. The lowest BCUT2D eigenvalue weighted by atomic mass is 10.1. The third-order valence-corrected chi connectivity index (χ3v) is 2.92. The van der Waals surface area contributed by atoms with Crippen molar-refractivity contribution in [2.45, 2.75) is 51.9 Å². The largest absolute Gasteiger partial charge is 0.480 e. The molecule has 1 N–H and O–H groups in total. The third-order valence-electron chi connectivity index (χ3n) is 2.92. The van der Waals surface area contributed by atoms with E-state index in [1.807, 2.05) is 18.7 Å². The maximum absolute atomic E-state index is 11.0. The van der Waals surface area contributed by atoms with E-state index in [2.05, 4.69) is 6.92 Å². The highest BCUT2D eigenvalue weighted by atomic mass is 16.5. The van der Waals surface area contributed by atoms with Crippen molar-refractivity contribution >= 4 is 5.97 Å². The van der Waals surface area contributed by atoms with Crippen LogP contribution in [0.2, 0.25) is 0 Å². The summed E-state index contributed by atoms with van der Waals surface area (Å²) in [5.74, 6) is -0.721. The summed E-state index contributed by atoms with van der Waals surface area (Å²) in [7, 11) is 0. The topological polar surface area (TPSA) is 49.8 Å². The van der Waals surface area contributed by atoms with Gasteiger partial charge in [0.1, 0.15) is 6.04 Å². The molecular formula is C11H21NO3. The van der Waals surface area contributed by atoms with Gasteiger partial charge in [0.2, 0.25) is 0 Å². The van der Waals surface area contributed by atoms with Crippen LogP contribution in [0.4, 0.5) is 0 Å². The molecule has 0 aromatic carbocycles. The van der Waals surface area contributed by atoms with Crippen molar-refractivity contribution in [1.29, 1.82) is 0 Å². The van der Waals surface area contributed by atoms with Crippen LogP contribution < -0.4 is 0 Å². The lowest BCUT2D eigenvalue weighted by molar-refractivity contribution is -0.149. The van der Waals surface area contributed by atoms with Crippen molar-refractivity contribution < 1.29 is 14.6 Å². The molecule has 1 rings (SSSR count). The summed E-state index contributed by atoms with van der Waals surface area (Å²) in [5.41, 5.74) is 0. The average molecular weight is 215 g/mol. The van der Waals surface area contributed by atoms with Gasteiger partial charge in [-0.15, -0.1) is 0 Å². The maximum Gasteiger partial charge on any atom is 0.320 e. The molecule has 0 bridgehead atoms. The average Bonchev–Trinajstić information content (AvgIpc) is 2.17. The van der Waals surface area contributed by atoms with E-state index in [-0.39, 0.29) is 18.2 Å². The van der Waals surface area contributed by atoms with E-state index in [4.69, 9.17) is 9.84 Å². The molecule has 3 atom stereocenters. The molecule has 1 aliphatic heterocycles. The molecule has 3 unspecified atom stereocenters. The Kier molecular flexibility index (Phi) is 4.54. The number of carboxylic acid groups (broad SMARTS) is 1. The van der Waals surface area contributed by atoms with Crippen LogP contribution in [0.3, 0.4) is 0 Å². The summed E-state index contributed by atoms with van der Waals surface area (Å²) < 4.78 is 5.71. The van der Waals surface area contributed by atoms with Gasteiger partial charge in [-0.2, -0.15) is 0 Å². The monoisotopic (exact) mass is 215 g/mol. The Balaban J connectivity index is 2.63. The number of ether oxygens (including phenoxy) is 1. The zero-order valence-electron chi connectivity index (χ0n) is 9.77. The highest BCUT2D eigenvalue weighted by Crippen LogP contribution is 2.17. The fourth-order valence-corrected chi connectivity index (χ4v) is 2.15. The second-order valence-electron chi connectivity index (χ2n) is 4.19. The Morgan fingerprint density at radius 2 is 2.20 bits per heavy atom. The molecular weight excluding hydrogens is 194 g/mol. The van der Waals surface area contributed by atoms with Gasteiger partial charge < -0.3 is 9.84 Å². The summed E-state index contributed by atoms with van der Waals surface area (Å²) in [6.07, 6.45) is 1.91. The number of hydrogen-bond donors (Lipinski definition) is 1. The first-order chi connectivity index (χ1) is 7.08. The number of hydrogen-bond acceptors (Lipinski definition) is 3. The van der Waals surface area contributed by atoms with Gasteiger partial charge in [0.15, 0.2) is 0 Å². The van der Waals surface area contributed by atoms with Crippen LogP contribution in [0, 0.1) is 0 Å². The molecule has 15 heavy (non-hydrogen) atoms. The minimum absolute atomic E-state index is 0.136. The molecule has 1 aliphatic rings. The van der Waals surface area contributed by atoms with E-state index >= 15 is 0 Å². The minimum Gasteiger partial charge on any atom is -0.480 e. The van der Waals surface area contributed by atoms with Crippen LogP contribution in [0.5, 0.6) is 0 Å². The molecule has 0 aromatic rings. The second-order valence-corrected chi connectivity index (χ2v) is 4.19. The van der Waals surface area contributed by atoms with Crippen molar-refractivity contribution in [1.82, 2.24) is 4.90 Å². The van der Waals surface area contributed by atoms with Crippen LogP contribution in [0.25, 0.3) is 0 Å². The van der Waals surface area contributed by atoms with Crippen LogP contribution in [-0.4, -0.2) is 47.3 Å². The fourth-order valence-electron chi connectivity index (χ4n) is 2.15. The van der Waals surface area contributed by atoms with Crippen LogP contribution >= 0.6 is 0 Å². The van der Waals surface area contributed by atoms with E-state index in [1.165, 1.54) is 0 Å². The van der Waals surface area contributed by atoms with Gasteiger partial charge in [-0.25, -0.2) is 0 Å². The van der Waals surface area contributed by atoms with Gasteiger partial charge in [0, 0.05) is 13.1 Å². The standard InChI is InChI=1S/C11H21NO3/c1-4-9-7-12(6-8(3)15-9)10(5-2)11(13)14/h8-10H,4-7H2,1-3H3,(H,13,14). The van der Waals surface area contributed by atoms with Gasteiger partial charge in [0.05, 0.1) is 12.2 Å². The lowest BCUT2D eigenvalue weighted by Gasteiger charge is -2.39. The second kappa shape index (κ2) is 5.47. The molecule has 0 saturated carbocycles. The molecule has 1 saturated heterocycles. The predicted molar refractivity (Wildman–Crippen MR) is 57.9 cm³/mol. The van der Waals surface area contributed by atoms with E-state index < -0.39 is 5.97 Å². The molecule has 0 aromatic heterocycles. The van der Waals surface area contributed by atoms with Crippen LogP contribution in [0.15, 0.2) is 0 Å². The minimum atomic E-state index is -0.721. The Morgan fingerprint density at radius 3 is 2.67 bits per heavy atom. The molecule has 4 nitrogen and oxygen atoms in total. The normalized spacial score (nSPS) is 30.1. The summed E-state index contributed by atoms with van der Waals surface area (Å²) in [5, 5.41) is 9.09. The number of carboxylic acids is 1. The number of morpholine rings is 1. The molecule has 0 aliphatic carbocycles. The highest BCUT2D eigenvalue weighted by molar-refractivity contribution is 5.73. The van der Waals surface area contributed by atoms with Crippen LogP contribution in [-0.2, 0) is 9.53 Å². The van der Waals surface area contributed by atoms with E-state index in [1.54, 1.807) is 0 Å². The SMILES string of the molecule is CCC1CN(C(CC)C(=O)O)CC(C)O1. The summed E-state index contributed by atoms with van der Waals surface area (Å²) >= 11 is 0. The van der Waals surface area contributed by atoms with Gasteiger partial charge >= 0.3 is 5.97 Å². The predicted octanol–water partition coefficient (Wildman–Crippen LogP) is 1.35. The maximum atomic E-state index is 11.0. The van der Waals surface area contributed by atoms with Crippen LogP contribution in [0.1, 0.15) is 33.6 Å². The van der Waals surface area contributed by atoms with Crippen molar-refractivity contribution in [2.75, 3.05) is 13.1 Å². The molecule has 1 fully saturated rings. The first-order valence-corrected chi connectivity index (χ1v) is 5.70. The fraction of sp³-hybridized carbons (Fsp3) is 0.909. The summed E-state index contributed by atoms with van der Waals surface area (Å²) in [6.45, 7) is 7.46. The van der Waals surface area contributed by atoms with Gasteiger partial charge in [-0.1, -0.05) is 13.8 Å². The third kappa shape index (κ3) is 3.18.